The number of sulfonamides is 1. The van der Waals surface area contributed by atoms with Crippen molar-refractivity contribution in [3.8, 4) is 0 Å². The molecule has 1 aromatic carbocycles. The van der Waals surface area contributed by atoms with Crippen molar-refractivity contribution in [3.05, 3.63) is 40.8 Å². The molecule has 1 aliphatic rings. The first kappa shape index (κ1) is 24.0. The molecular formula is C22H30N4O5S. The third-order valence-corrected chi connectivity index (χ3v) is 7.68. The Labute approximate surface area is 187 Å². The van der Waals surface area contributed by atoms with E-state index < -0.39 is 16.0 Å². The summed E-state index contributed by atoms with van der Waals surface area (Å²) >= 11 is 0. The first-order chi connectivity index (χ1) is 15.2. The van der Waals surface area contributed by atoms with Crippen molar-refractivity contribution in [1.29, 1.82) is 0 Å². The molecule has 2 aromatic heterocycles. The van der Waals surface area contributed by atoms with E-state index in [1.807, 2.05) is 20.9 Å². The molecule has 1 aliphatic heterocycles. The van der Waals surface area contributed by atoms with Crippen molar-refractivity contribution in [2.24, 2.45) is 0 Å². The number of pyridine rings is 1. The quantitative estimate of drug-likeness (QED) is 0.517. The summed E-state index contributed by atoms with van der Waals surface area (Å²) in [5.41, 5.74) is 0.874. The lowest BCUT2D eigenvalue weighted by Gasteiger charge is -2.27. The van der Waals surface area contributed by atoms with Crippen molar-refractivity contribution in [1.82, 2.24) is 19.2 Å². The Bertz CT molecular complexity index is 1260. The molecule has 3 N–H and O–H groups in total. The number of carbonyl (C=O) groups is 1. The Morgan fingerprint density at radius 1 is 1.25 bits per heavy atom. The Hall–Kier alpha value is -2.69. The highest BCUT2D eigenvalue weighted by molar-refractivity contribution is 7.89. The smallest absolute Gasteiger partial charge is 0.303 e. The molecule has 4 rings (SSSR count). The number of fused-ring (bicyclic) bond motifs is 3. The van der Waals surface area contributed by atoms with Gasteiger partial charge in [-0.25, -0.2) is 8.42 Å². The van der Waals surface area contributed by atoms with Crippen LogP contribution in [0.4, 0.5) is 0 Å². The van der Waals surface area contributed by atoms with Crippen molar-refractivity contribution in [2.45, 2.75) is 44.0 Å². The number of H-pyrrole nitrogens is 2. The molecule has 0 amide bonds. The van der Waals surface area contributed by atoms with Crippen LogP contribution in [0.25, 0.3) is 21.8 Å². The van der Waals surface area contributed by atoms with Gasteiger partial charge < -0.3 is 20.0 Å². The lowest BCUT2D eigenvalue weighted by atomic mass is 10.1. The number of nitrogens with one attached hydrogen (secondary N) is 2. The number of nitrogens with zero attached hydrogens (tertiary/aromatic N) is 2. The molecule has 0 bridgehead atoms. The summed E-state index contributed by atoms with van der Waals surface area (Å²) in [6, 6.07) is 6.71. The van der Waals surface area contributed by atoms with E-state index in [0.29, 0.717) is 24.0 Å². The maximum absolute atomic E-state index is 13.3. The SMILES string of the molecule is CCCC(=O)O.CCN(C1CCN(C)C1)S(=O)(=O)c1ccc2[nH]c(=O)c3[nH]ccc3c2c1. The summed E-state index contributed by atoms with van der Waals surface area (Å²) in [5.74, 6) is -0.711. The average molecular weight is 463 g/mol. The van der Waals surface area contributed by atoms with Gasteiger partial charge in [0.1, 0.15) is 5.52 Å². The molecule has 3 heterocycles. The van der Waals surface area contributed by atoms with Crippen LogP contribution in [-0.2, 0) is 14.8 Å². The zero-order chi connectivity index (χ0) is 23.5. The maximum Gasteiger partial charge on any atom is 0.303 e. The van der Waals surface area contributed by atoms with Crippen molar-refractivity contribution >= 4 is 37.8 Å². The van der Waals surface area contributed by atoms with Gasteiger partial charge in [-0.3, -0.25) is 9.59 Å². The fourth-order valence-electron chi connectivity index (χ4n) is 4.10. The Morgan fingerprint density at radius 3 is 2.56 bits per heavy atom. The van der Waals surface area contributed by atoms with Crippen LogP contribution in [-0.4, -0.2) is 71.4 Å². The van der Waals surface area contributed by atoms with E-state index in [2.05, 4.69) is 14.9 Å². The number of hydrogen-bond acceptors (Lipinski definition) is 5. The van der Waals surface area contributed by atoms with E-state index >= 15 is 0 Å². The van der Waals surface area contributed by atoms with Crippen molar-refractivity contribution in [2.75, 3.05) is 26.7 Å². The second-order valence-corrected chi connectivity index (χ2v) is 9.88. The molecule has 9 nitrogen and oxygen atoms in total. The van der Waals surface area contributed by atoms with E-state index in [-0.39, 0.29) is 16.5 Å². The molecule has 3 aromatic rings. The van der Waals surface area contributed by atoms with E-state index in [4.69, 9.17) is 5.11 Å². The summed E-state index contributed by atoms with van der Waals surface area (Å²) < 4.78 is 28.1. The van der Waals surface area contributed by atoms with Gasteiger partial charge in [-0.1, -0.05) is 13.8 Å². The number of likely N-dealkylation sites (tertiary alicyclic amines) is 1. The topological polar surface area (TPSA) is 127 Å². The Kier molecular flexibility index (Phi) is 7.37. The van der Waals surface area contributed by atoms with Gasteiger partial charge in [0, 0.05) is 48.0 Å². The zero-order valence-electron chi connectivity index (χ0n) is 18.6. The lowest BCUT2D eigenvalue weighted by molar-refractivity contribution is -0.137. The molecule has 1 atom stereocenters. The first-order valence-corrected chi connectivity index (χ1v) is 12.2. The predicted octanol–water partition coefficient (Wildman–Crippen LogP) is 2.60. The monoisotopic (exact) mass is 462 g/mol. The summed E-state index contributed by atoms with van der Waals surface area (Å²) in [6.45, 7) is 5.80. The number of benzene rings is 1. The first-order valence-electron chi connectivity index (χ1n) is 10.7. The van der Waals surface area contributed by atoms with E-state index in [1.165, 1.54) is 0 Å². The molecule has 0 saturated carbocycles. The molecule has 1 saturated heterocycles. The number of hydrogen-bond donors (Lipinski definition) is 3. The van der Waals surface area contributed by atoms with E-state index in [1.54, 1.807) is 34.8 Å². The van der Waals surface area contributed by atoms with Gasteiger partial charge in [0.15, 0.2) is 0 Å². The number of aliphatic carboxylic acids is 1. The molecule has 0 radical (unpaired) electrons. The van der Waals surface area contributed by atoms with Crippen LogP contribution in [0.2, 0.25) is 0 Å². The minimum Gasteiger partial charge on any atom is -0.481 e. The normalized spacial score (nSPS) is 17.1. The average Bonchev–Trinajstić information content (AvgIpc) is 3.38. The molecule has 32 heavy (non-hydrogen) atoms. The number of likely N-dealkylation sites (N-methyl/N-ethyl adjacent to an activating group) is 2. The number of aromatic nitrogens is 2. The summed E-state index contributed by atoms with van der Waals surface area (Å²) in [6.07, 6.45) is 3.55. The predicted molar refractivity (Wildman–Crippen MR) is 124 cm³/mol. The van der Waals surface area contributed by atoms with Gasteiger partial charge in [-0.2, -0.15) is 4.31 Å². The van der Waals surface area contributed by atoms with Gasteiger partial charge in [0.2, 0.25) is 10.0 Å². The van der Waals surface area contributed by atoms with Crippen LogP contribution < -0.4 is 5.56 Å². The van der Waals surface area contributed by atoms with Crippen LogP contribution in [0.5, 0.6) is 0 Å². The number of carboxylic acids is 1. The number of rotatable bonds is 6. The number of aromatic amines is 2. The molecule has 10 heteroatoms. The van der Waals surface area contributed by atoms with Crippen LogP contribution in [0, 0.1) is 0 Å². The molecule has 0 spiro atoms. The van der Waals surface area contributed by atoms with Gasteiger partial charge in [0.25, 0.3) is 5.56 Å². The minimum atomic E-state index is -3.61. The fraction of sp³-hybridized carbons (Fsp3) is 0.455. The molecular weight excluding hydrogens is 432 g/mol. The largest absolute Gasteiger partial charge is 0.481 e. The van der Waals surface area contributed by atoms with E-state index in [9.17, 15) is 18.0 Å². The summed E-state index contributed by atoms with van der Waals surface area (Å²) in [4.78, 5) is 29.8. The highest BCUT2D eigenvalue weighted by Gasteiger charge is 2.34. The van der Waals surface area contributed by atoms with Crippen molar-refractivity contribution < 1.29 is 18.3 Å². The zero-order valence-corrected chi connectivity index (χ0v) is 19.4. The van der Waals surface area contributed by atoms with Crippen LogP contribution in [0.3, 0.4) is 0 Å². The highest BCUT2D eigenvalue weighted by atomic mass is 32.2. The van der Waals surface area contributed by atoms with Crippen molar-refractivity contribution in [3.63, 3.8) is 0 Å². The number of carboxylic acid groups (broad SMARTS) is 1. The molecule has 1 unspecified atom stereocenters. The standard InChI is InChI=1S/C18H22N4O3S.C4H8O2/c1-3-22(12-7-9-21(2)11-12)26(24,25)13-4-5-16-15(10-13)14-6-8-19-17(14)18(23)20-16;1-2-3-4(5)6/h4-6,8,10,12,19H,3,7,9,11H2,1-2H3,(H,20,23);2-3H2,1H3,(H,5,6). The molecule has 0 aliphatic carbocycles. The third-order valence-electron chi connectivity index (χ3n) is 5.66. The Balaban J connectivity index is 0.000000427. The molecule has 174 valence electrons. The van der Waals surface area contributed by atoms with Gasteiger partial charge in [-0.15, -0.1) is 0 Å². The van der Waals surface area contributed by atoms with Gasteiger partial charge in [0.05, 0.1) is 4.90 Å². The van der Waals surface area contributed by atoms with Crippen LogP contribution in [0.15, 0.2) is 40.2 Å². The fourth-order valence-corrected chi connectivity index (χ4v) is 5.78. The van der Waals surface area contributed by atoms with E-state index in [0.717, 1.165) is 36.7 Å². The van der Waals surface area contributed by atoms with Crippen LogP contribution in [0.1, 0.15) is 33.1 Å². The van der Waals surface area contributed by atoms with Gasteiger partial charge in [-0.05, 0) is 50.7 Å². The lowest BCUT2D eigenvalue weighted by Crippen LogP contribution is -2.41. The van der Waals surface area contributed by atoms with Crippen LogP contribution >= 0.6 is 0 Å². The van der Waals surface area contributed by atoms with Gasteiger partial charge >= 0.3 is 5.97 Å². The Morgan fingerprint density at radius 2 is 2.00 bits per heavy atom. The minimum absolute atomic E-state index is 0.00597. The summed E-state index contributed by atoms with van der Waals surface area (Å²) in [7, 11) is -1.60. The second-order valence-electron chi connectivity index (χ2n) is 7.98. The maximum atomic E-state index is 13.3. The third kappa shape index (κ3) is 4.87. The molecule has 1 fully saturated rings. The highest BCUT2D eigenvalue weighted by Crippen LogP contribution is 2.27. The summed E-state index contributed by atoms with van der Waals surface area (Å²) in [5, 5.41) is 9.36. The second kappa shape index (κ2) is 9.85.